The number of alkyl halides is 1. The third-order valence-electron chi connectivity index (χ3n) is 3.24. The molecular formula is C14H18ClNO4. The van der Waals surface area contributed by atoms with Gasteiger partial charge in [-0.15, -0.1) is 11.6 Å². The summed E-state index contributed by atoms with van der Waals surface area (Å²) in [6.45, 7) is 2.27. The Morgan fingerprint density at radius 3 is 2.50 bits per heavy atom. The maximum absolute atomic E-state index is 12.3. The third-order valence-corrected chi connectivity index (χ3v) is 3.68. The molecule has 1 heterocycles. The largest absolute Gasteiger partial charge is 0.493 e. The van der Waals surface area contributed by atoms with Crippen LogP contribution >= 0.6 is 11.6 Å². The van der Waals surface area contributed by atoms with E-state index in [0.29, 0.717) is 43.4 Å². The molecule has 1 aliphatic rings. The molecule has 1 aromatic carbocycles. The van der Waals surface area contributed by atoms with E-state index in [2.05, 4.69) is 0 Å². The summed E-state index contributed by atoms with van der Waals surface area (Å²) >= 11 is 6.29. The number of carbonyl (C=O) groups is 1. The van der Waals surface area contributed by atoms with Crippen LogP contribution in [0.1, 0.15) is 10.9 Å². The fraction of sp³-hybridized carbons (Fsp3) is 0.500. The van der Waals surface area contributed by atoms with Crippen LogP contribution in [0.3, 0.4) is 0 Å². The number of hydrogen-bond donors (Lipinski definition) is 0. The van der Waals surface area contributed by atoms with Crippen LogP contribution in [-0.4, -0.2) is 51.3 Å². The standard InChI is InChI=1S/C14H18ClNO4/c1-18-11-4-3-10(9-12(11)19-2)13(15)14(17)16-5-7-20-8-6-16/h3-4,9,13H,5-8H2,1-2H3. The van der Waals surface area contributed by atoms with Gasteiger partial charge < -0.3 is 19.1 Å². The average molecular weight is 300 g/mol. The summed E-state index contributed by atoms with van der Waals surface area (Å²) in [7, 11) is 3.11. The van der Waals surface area contributed by atoms with E-state index in [0.717, 1.165) is 0 Å². The summed E-state index contributed by atoms with van der Waals surface area (Å²) in [5, 5.41) is -0.729. The monoisotopic (exact) mass is 299 g/mol. The minimum atomic E-state index is -0.729. The predicted molar refractivity (Wildman–Crippen MR) is 75.5 cm³/mol. The highest BCUT2D eigenvalue weighted by atomic mass is 35.5. The van der Waals surface area contributed by atoms with E-state index in [1.807, 2.05) is 0 Å². The van der Waals surface area contributed by atoms with Crippen molar-refractivity contribution in [2.75, 3.05) is 40.5 Å². The van der Waals surface area contributed by atoms with Gasteiger partial charge in [0.05, 0.1) is 27.4 Å². The molecule has 0 aromatic heterocycles. The molecule has 1 fully saturated rings. The van der Waals surface area contributed by atoms with Crippen molar-refractivity contribution in [1.82, 2.24) is 4.90 Å². The second-order valence-corrected chi connectivity index (χ2v) is 4.85. The summed E-state index contributed by atoms with van der Waals surface area (Å²) in [6, 6.07) is 5.25. The van der Waals surface area contributed by atoms with Gasteiger partial charge in [-0.3, -0.25) is 4.79 Å². The summed E-state index contributed by atoms with van der Waals surface area (Å²) in [5.74, 6) is 1.06. The number of hydrogen-bond acceptors (Lipinski definition) is 4. The Morgan fingerprint density at radius 1 is 1.25 bits per heavy atom. The molecule has 20 heavy (non-hydrogen) atoms. The number of morpholine rings is 1. The first kappa shape index (κ1) is 14.9. The molecule has 110 valence electrons. The number of benzene rings is 1. The van der Waals surface area contributed by atoms with Gasteiger partial charge in [0.1, 0.15) is 5.38 Å². The second-order valence-electron chi connectivity index (χ2n) is 4.41. The second kappa shape index (κ2) is 6.81. The van der Waals surface area contributed by atoms with Crippen LogP contribution < -0.4 is 9.47 Å². The number of methoxy groups -OCH3 is 2. The van der Waals surface area contributed by atoms with E-state index in [1.54, 1.807) is 37.3 Å². The third kappa shape index (κ3) is 3.16. The molecular weight excluding hydrogens is 282 g/mol. The van der Waals surface area contributed by atoms with Crippen molar-refractivity contribution in [3.63, 3.8) is 0 Å². The number of carbonyl (C=O) groups excluding carboxylic acids is 1. The van der Waals surface area contributed by atoms with Gasteiger partial charge in [0.15, 0.2) is 11.5 Å². The Morgan fingerprint density at radius 2 is 1.90 bits per heavy atom. The van der Waals surface area contributed by atoms with Crippen LogP contribution in [0.2, 0.25) is 0 Å². The Bertz CT molecular complexity index is 474. The van der Waals surface area contributed by atoms with E-state index in [-0.39, 0.29) is 5.91 Å². The highest BCUT2D eigenvalue weighted by molar-refractivity contribution is 6.30. The first-order chi connectivity index (χ1) is 9.67. The van der Waals surface area contributed by atoms with Crippen molar-refractivity contribution >= 4 is 17.5 Å². The van der Waals surface area contributed by atoms with Gasteiger partial charge in [0.2, 0.25) is 5.91 Å². The average Bonchev–Trinajstić information content (AvgIpc) is 2.53. The van der Waals surface area contributed by atoms with E-state index >= 15 is 0 Å². The number of nitrogens with zero attached hydrogens (tertiary/aromatic N) is 1. The Labute approximate surface area is 123 Å². The molecule has 0 spiro atoms. The van der Waals surface area contributed by atoms with E-state index in [9.17, 15) is 4.79 Å². The van der Waals surface area contributed by atoms with Crippen molar-refractivity contribution in [3.05, 3.63) is 23.8 Å². The molecule has 2 rings (SSSR count). The van der Waals surface area contributed by atoms with Gasteiger partial charge in [-0.1, -0.05) is 6.07 Å². The van der Waals surface area contributed by atoms with E-state index < -0.39 is 5.38 Å². The molecule has 6 heteroatoms. The number of halogens is 1. The maximum Gasteiger partial charge on any atom is 0.245 e. The highest BCUT2D eigenvalue weighted by Gasteiger charge is 2.26. The molecule has 1 aromatic rings. The number of rotatable bonds is 4. The number of ether oxygens (including phenoxy) is 3. The molecule has 0 bridgehead atoms. The molecule has 0 radical (unpaired) electrons. The van der Waals surface area contributed by atoms with Crippen molar-refractivity contribution in [2.24, 2.45) is 0 Å². The van der Waals surface area contributed by atoms with E-state index in [1.165, 1.54) is 0 Å². The molecule has 0 N–H and O–H groups in total. The lowest BCUT2D eigenvalue weighted by Crippen LogP contribution is -2.42. The van der Waals surface area contributed by atoms with Crippen molar-refractivity contribution < 1.29 is 19.0 Å². The zero-order valence-electron chi connectivity index (χ0n) is 11.6. The van der Waals surface area contributed by atoms with Gasteiger partial charge in [0.25, 0.3) is 0 Å². The predicted octanol–water partition coefficient (Wildman–Crippen LogP) is 1.84. The molecule has 0 saturated carbocycles. The SMILES string of the molecule is COc1ccc(C(Cl)C(=O)N2CCOCC2)cc1OC. The number of amides is 1. The smallest absolute Gasteiger partial charge is 0.245 e. The topological polar surface area (TPSA) is 48.0 Å². The molecule has 0 aliphatic carbocycles. The van der Waals surface area contributed by atoms with Crippen molar-refractivity contribution in [1.29, 1.82) is 0 Å². The fourth-order valence-corrected chi connectivity index (χ4v) is 2.37. The van der Waals surface area contributed by atoms with Crippen LogP contribution in [0, 0.1) is 0 Å². The van der Waals surface area contributed by atoms with Gasteiger partial charge in [-0.2, -0.15) is 0 Å². The Balaban J connectivity index is 2.15. The normalized spacial score (nSPS) is 16.6. The van der Waals surface area contributed by atoms with Gasteiger partial charge in [-0.05, 0) is 17.7 Å². The highest BCUT2D eigenvalue weighted by Crippen LogP contribution is 2.33. The van der Waals surface area contributed by atoms with Crippen LogP contribution in [0.5, 0.6) is 11.5 Å². The van der Waals surface area contributed by atoms with Crippen LogP contribution in [-0.2, 0) is 9.53 Å². The minimum absolute atomic E-state index is 0.109. The quantitative estimate of drug-likeness (QED) is 0.796. The molecule has 1 unspecified atom stereocenters. The molecule has 1 amide bonds. The lowest BCUT2D eigenvalue weighted by atomic mass is 10.1. The molecule has 1 saturated heterocycles. The Hall–Kier alpha value is -1.46. The Kier molecular flexibility index (Phi) is 5.09. The lowest BCUT2D eigenvalue weighted by Gasteiger charge is -2.28. The zero-order chi connectivity index (χ0) is 14.5. The van der Waals surface area contributed by atoms with Crippen LogP contribution in [0.4, 0.5) is 0 Å². The lowest BCUT2D eigenvalue weighted by molar-refractivity contribution is -0.134. The van der Waals surface area contributed by atoms with Crippen molar-refractivity contribution in [3.8, 4) is 11.5 Å². The minimum Gasteiger partial charge on any atom is -0.493 e. The van der Waals surface area contributed by atoms with Crippen molar-refractivity contribution in [2.45, 2.75) is 5.38 Å². The summed E-state index contributed by atoms with van der Waals surface area (Å²) in [4.78, 5) is 14.0. The zero-order valence-corrected chi connectivity index (χ0v) is 12.4. The maximum atomic E-state index is 12.3. The van der Waals surface area contributed by atoms with E-state index in [4.69, 9.17) is 25.8 Å². The summed E-state index contributed by atoms with van der Waals surface area (Å²) in [5.41, 5.74) is 0.695. The van der Waals surface area contributed by atoms with Gasteiger partial charge >= 0.3 is 0 Å². The van der Waals surface area contributed by atoms with Gasteiger partial charge in [0, 0.05) is 13.1 Å². The summed E-state index contributed by atoms with van der Waals surface area (Å²) in [6.07, 6.45) is 0. The molecule has 1 atom stereocenters. The van der Waals surface area contributed by atoms with Crippen LogP contribution in [0.15, 0.2) is 18.2 Å². The molecule has 1 aliphatic heterocycles. The first-order valence-electron chi connectivity index (χ1n) is 6.40. The first-order valence-corrected chi connectivity index (χ1v) is 6.83. The fourth-order valence-electron chi connectivity index (χ4n) is 2.10. The van der Waals surface area contributed by atoms with Gasteiger partial charge in [-0.25, -0.2) is 0 Å². The molecule has 5 nitrogen and oxygen atoms in total. The van der Waals surface area contributed by atoms with Crippen LogP contribution in [0.25, 0.3) is 0 Å². The summed E-state index contributed by atoms with van der Waals surface area (Å²) < 4.78 is 15.6.